The average Bonchev–Trinajstić information content (AvgIpc) is 3.14. The van der Waals surface area contributed by atoms with Gasteiger partial charge in [0.25, 0.3) is 5.91 Å². The SMILES string of the molecule is COCCNC(=O)CNC(=O)c1ccccc1C(=O)c1cccs1. The van der Waals surface area contributed by atoms with Crippen LogP contribution >= 0.6 is 11.3 Å². The molecule has 0 saturated heterocycles. The molecule has 0 radical (unpaired) electrons. The van der Waals surface area contributed by atoms with Gasteiger partial charge in [-0.3, -0.25) is 14.4 Å². The highest BCUT2D eigenvalue weighted by atomic mass is 32.1. The van der Waals surface area contributed by atoms with Gasteiger partial charge in [0.2, 0.25) is 11.7 Å². The van der Waals surface area contributed by atoms with Crippen LogP contribution in [0.1, 0.15) is 25.6 Å². The van der Waals surface area contributed by atoms with Crippen molar-refractivity contribution in [1.29, 1.82) is 0 Å². The number of methoxy groups -OCH3 is 1. The highest BCUT2D eigenvalue weighted by molar-refractivity contribution is 7.12. The Kier molecular flexibility index (Phi) is 6.65. The van der Waals surface area contributed by atoms with Crippen molar-refractivity contribution in [2.24, 2.45) is 0 Å². The summed E-state index contributed by atoms with van der Waals surface area (Å²) in [6.07, 6.45) is 0. The Hall–Kier alpha value is -2.51. The molecule has 0 spiro atoms. The molecule has 6 nitrogen and oxygen atoms in total. The van der Waals surface area contributed by atoms with E-state index in [0.717, 1.165) is 0 Å². The molecule has 1 aromatic heterocycles. The molecule has 0 fully saturated rings. The minimum atomic E-state index is -0.461. The van der Waals surface area contributed by atoms with Crippen LogP contribution in [0.3, 0.4) is 0 Å². The standard InChI is InChI=1S/C17H18N2O4S/c1-23-9-8-18-15(20)11-19-17(22)13-6-3-2-5-12(13)16(21)14-7-4-10-24-14/h2-7,10H,8-9,11H2,1H3,(H,18,20)(H,19,22). The van der Waals surface area contributed by atoms with Crippen LogP contribution in [0.25, 0.3) is 0 Å². The van der Waals surface area contributed by atoms with E-state index in [0.29, 0.717) is 23.6 Å². The van der Waals surface area contributed by atoms with Gasteiger partial charge in [0, 0.05) is 19.2 Å². The van der Waals surface area contributed by atoms with Gasteiger partial charge in [-0.05, 0) is 17.5 Å². The van der Waals surface area contributed by atoms with Crippen molar-refractivity contribution in [2.75, 3.05) is 26.8 Å². The molecule has 0 bridgehead atoms. The van der Waals surface area contributed by atoms with Gasteiger partial charge in [0.05, 0.1) is 23.6 Å². The zero-order chi connectivity index (χ0) is 17.4. The smallest absolute Gasteiger partial charge is 0.252 e. The van der Waals surface area contributed by atoms with Crippen molar-refractivity contribution >= 4 is 28.9 Å². The Bertz CT molecular complexity index is 713. The van der Waals surface area contributed by atoms with Gasteiger partial charge in [-0.25, -0.2) is 0 Å². The van der Waals surface area contributed by atoms with Crippen LogP contribution in [-0.2, 0) is 9.53 Å². The second-order valence-corrected chi connectivity index (χ2v) is 5.83. The van der Waals surface area contributed by atoms with E-state index in [1.807, 2.05) is 0 Å². The minimum Gasteiger partial charge on any atom is -0.383 e. The first kappa shape index (κ1) is 17.8. The lowest BCUT2D eigenvalue weighted by Crippen LogP contribution is -2.38. The van der Waals surface area contributed by atoms with Crippen molar-refractivity contribution in [3.63, 3.8) is 0 Å². The summed E-state index contributed by atoms with van der Waals surface area (Å²) in [4.78, 5) is 37.0. The normalized spacial score (nSPS) is 10.2. The van der Waals surface area contributed by atoms with E-state index in [1.165, 1.54) is 18.4 Å². The highest BCUT2D eigenvalue weighted by Gasteiger charge is 2.18. The number of ether oxygens (including phenoxy) is 1. The summed E-state index contributed by atoms with van der Waals surface area (Å²) in [7, 11) is 1.54. The highest BCUT2D eigenvalue weighted by Crippen LogP contribution is 2.18. The van der Waals surface area contributed by atoms with E-state index in [-0.39, 0.29) is 23.8 Å². The zero-order valence-corrected chi connectivity index (χ0v) is 14.0. The first-order valence-electron chi connectivity index (χ1n) is 7.34. The minimum absolute atomic E-state index is 0.163. The van der Waals surface area contributed by atoms with Crippen LogP contribution in [0.5, 0.6) is 0 Å². The van der Waals surface area contributed by atoms with E-state index < -0.39 is 5.91 Å². The largest absolute Gasteiger partial charge is 0.383 e. The third-order valence-corrected chi connectivity index (χ3v) is 4.07. The molecule has 0 saturated carbocycles. The fraction of sp³-hybridized carbons (Fsp3) is 0.235. The number of nitrogens with one attached hydrogen (secondary N) is 2. The molecule has 7 heteroatoms. The Balaban J connectivity index is 2.02. The van der Waals surface area contributed by atoms with Gasteiger partial charge in [0.1, 0.15) is 0 Å². The topological polar surface area (TPSA) is 84.5 Å². The summed E-state index contributed by atoms with van der Waals surface area (Å²) in [6, 6.07) is 10.1. The molecule has 0 atom stereocenters. The molecular weight excluding hydrogens is 328 g/mol. The number of carbonyl (C=O) groups excluding carboxylic acids is 3. The Morgan fingerprint density at radius 2 is 1.79 bits per heavy atom. The molecule has 0 aliphatic rings. The zero-order valence-electron chi connectivity index (χ0n) is 13.2. The number of hydrogen-bond donors (Lipinski definition) is 2. The first-order chi connectivity index (χ1) is 11.6. The van der Waals surface area contributed by atoms with E-state index in [2.05, 4.69) is 10.6 Å². The molecule has 0 aliphatic carbocycles. The lowest BCUT2D eigenvalue weighted by Gasteiger charge is -2.09. The fourth-order valence-corrected chi connectivity index (χ4v) is 2.71. The molecule has 24 heavy (non-hydrogen) atoms. The van der Waals surface area contributed by atoms with Gasteiger partial charge in [-0.2, -0.15) is 0 Å². The van der Waals surface area contributed by atoms with Gasteiger partial charge >= 0.3 is 0 Å². The molecule has 1 aromatic carbocycles. The lowest BCUT2D eigenvalue weighted by molar-refractivity contribution is -0.120. The second kappa shape index (κ2) is 8.95. The van der Waals surface area contributed by atoms with E-state index in [1.54, 1.807) is 41.8 Å². The van der Waals surface area contributed by atoms with Gasteiger partial charge in [0.15, 0.2) is 0 Å². The van der Waals surface area contributed by atoms with Crippen LogP contribution < -0.4 is 10.6 Å². The van der Waals surface area contributed by atoms with Gasteiger partial charge in [-0.15, -0.1) is 11.3 Å². The van der Waals surface area contributed by atoms with Crippen molar-refractivity contribution < 1.29 is 19.1 Å². The van der Waals surface area contributed by atoms with Crippen molar-refractivity contribution in [3.8, 4) is 0 Å². The maximum Gasteiger partial charge on any atom is 0.252 e. The molecule has 0 aliphatic heterocycles. The van der Waals surface area contributed by atoms with Crippen LogP contribution in [-0.4, -0.2) is 44.4 Å². The number of amides is 2. The fourth-order valence-electron chi connectivity index (χ4n) is 2.03. The van der Waals surface area contributed by atoms with Crippen LogP contribution in [0.2, 0.25) is 0 Å². The summed E-state index contributed by atoms with van der Waals surface area (Å²) in [5.74, 6) is -0.986. The predicted octanol–water partition coefficient (Wildman–Crippen LogP) is 1.47. The number of hydrogen-bond acceptors (Lipinski definition) is 5. The Morgan fingerprint density at radius 1 is 1.04 bits per heavy atom. The maximum absolute atomic E-state index is 12.5. The van der Waals surface area contributed by atoms with E-state index >= 15 is 0 Å². The first-order valence-corrected chi connectivity index (χ1v) is 8.22. The van der Waals surface area contributed by atoms with E-state index in [9.17, 15) is 14.4 Å². The third-order valence-electron chi connectivity index (χ3n) is 3.20. The summed E-state index contributed by atoms with van der Waals surface area (Å²) >= 11 is 1.32. The molecule has 126 valence electrons. The third kappa shape index (κ3) is 4.74. The van der Waals surface area contributed by atoms with Crippen LogP contribution in [0.15, 0.2) is 41.8 Å². The molecule has 2 aromatic rings. The summed E-state index contributed by atoms with van der Waals surface area (Å²) < 4.78 is 4.83. The molecule has 2 amide bonds. The number of carbonyl (C=O) groups is 3. The molecule has 2 N–H and O–H groups in total. The average molecular weight is 346 g/mol. The number of thiophene rings is 1. The number of benzene rings is 1. The quantitative estimate of drug-likeness (QED) is 0.560. The Morgan fingerprint density at radius 3 is 2.46 bits per heavy atom. The van der Waals surface area contributed by atoms with Crippen molar-refractivity contribution in [3.05, 3.63) is 57.8 Å². The number of rotatable bonds is 8. The number of ketones is 1. The van der Waals surface area contributed by atoms with Crippen molar-refractivity contribution in [2.45, 2.75) is 0 Å². The maximum atomic E-state index is 12.5. The predicted molar refractivity (Wildman–Crippen MR) is 91.4 cm³/mol. The summed E-state index contributed by atoms with van der Waals surface area (Å²) in [5, 5.41) is 6.94. The van der Waals surface area contributed by atoms with Crippen LogP contribution in [0, 0.1) is 0 Å². The molecule has 1 heterocycles. The van der Waals surface area contributed by atoms with Gasteiger partial charge < -0.3 is 15.4 Å². The summed E-state index contributed by atoms with van der Waals surface area (Å²) in [6.45, 7) is 0.612. The van der Waals surface area contributed by atoms with E-state index in [4.69, 9.17) is 4.74 Å². The van der Waals surface area contributed by atoms with Crippen molar-refractivity contribution in [1.82, 2.24) is 10.6 Å². The monoisotopic (exact) mass is 346 g/mol. The molecule has 0 unspecified atom stereocenters. The van der Waals surface area contributed by atoms with Gasteiger partial charge in [-0.1, -0.05) is 24.3 Å². The molecular formula is C17H18N2O4S. The lowest BCUT2D eigenvalue weighted by atomic mass is 10.0. The Labute approximate surface area is 143 Å². The second-order valence-electron chi connectivity index (χ2n) is 4.88. The molecule has 2 rings (SSSR count). The van der Waals surface area contributed by atoms with Crippen LogP contribution in [0.4, 0.5) is 0 Å². The summed E-state index contributed by atoms with van der Waals surface area (Å²) in [5.41, 5.74) is 0.567.